The summed E-state index contributed by atoms with van der Waals surface area (Å²) in [5.41, 5.74) is 7.85. The first-order chi connectivity index (χ1) is 14.1. The fraction of sp³-hybridized carbons (Fsp3) is 0.238. The smallest absolute Gasteiger partial charge is 0.255 e. The molecule has 1 fully saturated rings. The molecule has 1 aromatic carbocycles. The molecule has 1 unspecified atom stereocenters. The van der Waals surface area contributed by atoms with Crippen LogP contribution in [0.2, 0.25) is 0 Å². The molecule has 8 heteroatoms. The summed E-state index contributed by atoms with van der Waals surface area (Å²) >= 11 is 0. The molecule has 0 saturated carbocycles. The molecule has 0 aliphatic carbocycles. The van der Waals surface area contributed by atoms with Gasteiger partial charge in [0.05, 0.1) is 30.1 Å². The molecular weight excluding hydrogens is 370 g/mol. The van der Waals surface area contributed by atoms with Crippen LogP contribution in [0.25, 0.3) is 5.69 Å². The second-order valence-corrected chi connectivity index (χ2v) is 6.90. The Morgan fingerprint density at radius 1 is 1.17 bits per heavy atom. The second kappa shape index (κ2) is 7.75. The molecule has 3 aromatic rings. The third-order valence-corrected chi connectivity index (χ3v) is 5.14. The number of anilines is 1. The van der Waals surface area contributed by atoms with Crippen molar-refractivity contribution in [1.82, 2.24) is 19.7 Å². The van der Waals surface area contributed by atoms with E-state index in [1.165, 1.54) is 17.1 Å². The van der Waals surface area contributed by atoms with Crippen molar-refractivity contribution in [3.05, 3.63) is 66.1 Å². The number of carbonyl (C=O) groups excluding carboxylic acids is 2. The van der Waals surface area contributed by atoms with Crippen LogP contribution in [-0.4, -0.2) is 51.6 Å². The van der Waals surface area contributed by atoms with Crippen LogP contribution < -0.4 is 10.5 Å². The lowest BCUT2D eigenvalue weighted by Crippen LogP contribution is -2.30. The molecule has 1 amide bonds. The molecule has 3 heterocycles. The van der Waals surface area contributed by atoms with Gasteiger partial charge in [-0.2, -0.15) is 5.10 Å². The van der Waals surface area contributed by atoms with Crippen LogP contribution in [-0.2, 0) is 0 Å². The molecule has 29 heavy (non-hydrogen) atoms. The van der Waals surface area contributed by atoms with Crippen molar-refractivity contribution in [3.63, 3.8) is 0 Å². The number of ether oxygens (including phenoxy) is 1. The number of nitrogens with two attached hydrogens (primary N) is 1. The average Bonchev–Trinajstić information content (AvgIpc) is 3.41. The first-order valence-corrected chi connectivity index (χ1v) is 9.30. The number of hydrogen-bond donors (Lipinski definition) is 1. The minimum Gasteiger partial charge on any atom is -0.497 e. The first kappa shape index (κ1) is 18.7. The Bertz CT molecular complexity index is 1030. The Morgan fingerprint density at radius 2 is 1.97 bits per heavy atom. The maximum absolute atomic E-state index is 13.0. The number of benzene rings is 1. The number of amides is 1. The lowest BCUT2D eigenvalue weighted by Gasteiger charge is -2.16. The molecule has 0 radical (unpaired) electrons. The number of methoxy groups -OCH3 is 1. The maximum Gasteiger partial charge on any atom is 0.255 e. The molecule has 1 saturated heterocycles. The van der Waals surface area contributed by atoms with Gasteiger partial charge >= 0.3 is 0 Å². The minimum absolute atomic E-state index is 0.0938. The van der Waals surface area contributed by atoms with E-state index < -0.39 is 0 Å². The van der Waals surface area contributed by atoms with E-state index in [1.807, 2.05) is 12.1 Å². The summed E-state index contributed by atoms with van der Waals surface area (Å²) in [5, 5.41) is 4.28. The summed E-state index contributed by atoms with van der Waals surface area (Å²) in [6.45, 7) is 0.885. The van der Waals surface area contributed by atoms with Gasteiger partial charge in [-0.1, -0.05) is 0 Å². The second-order valence-electron chi connectivity index (χ2n) is 6.90. The molecule has 4 rings (SSSR count). The van der Waals surface area contributed by atoms with Gasteiger partial charge in [0.1, 0.15) is 11.6 Å². The molecule has 2 N–H and O–H groups in total. The number of carbonyl (C=O) groups is 2. The van der Waals surface area contributed by atoms with E-state index >= 15 is 0 Å². The van der Waals surface area contributed by atoms with Crippen LogP contribution >= 0.6 is 0 Å². The lowest BCUT2D eigenvalue weighted by molar-refractivity contribution is 0.0780. The number of nitrogens with zero attached hydrogens (tertiary/aromatic N) is 4. The zero-order valence-electron chi connectivity index (χ0n) is 16.0. The van der Waals surface area contributed by atoms with E-state index in [4.69, 9.17) is 10.5 Å². The molecule has 0 bridgehead atoms. The van der Waals surface area contributed by atoms with Gasteiger partial charge in [0.2, 0.25) is 0 Å². The zero-order valence-corrected chi connectivity index (χ0v) is 16.0. The number of Topliss-reactive ketones (excluding diaryl/α,β-unsaturated/α-hetero) is 1. The predicted molar refractivity (Wildman–Crippen MR) is 107 cm³/mol. The topological polar surface area (TPSA) is 103 Å². The summed E-state index contributed by atoms with van der Waals surface area (Å²) in [6.07, 6.45) is 5.25. The number of ketones is 1. The fourth-order valence-electron chi connectivity index (χ4n) is 3.53. The number of pyridine rings is 1. The van der Waals surface area contributed by atoms with Crippen molar-refractivity contribution >= 4 is 17.5 Å². The molecule has 1 atom stereocenters. The predicted octanol–water partition coefficient (Wildman–Crippen LogP) is 2.20. The van der Waals surface area contributed by atoms with Crippen molar-refractivity contribution in [1.29, 1.82) is 0 Å². The van der Waals surface area contributed by atoms with Gasteiger partial charge in [-0.3, -0.25) is 14.6 Å². The number of hydrogen-bond acceptors (Lipinski definition) is 6. The van der Waals surface area contributed by atoms with Crippen molar-refractivity contribution in [3.8, 4) is 11.4 Å². The molecule has 2 aromatic heterocycles. The number of aromatic nitrogens is 3. The number of rotatable bonds is 5. The monoisotopic (exact) mass is 391 g/mol. The van der Waals surface area contributed by atoms with Crippen LogP contribution in [0, 0.1) is 5.92 Å². The normalized spacial score (nSPS) is 16.0. The standard InChI is InChI=1S/C21H21N5O3/c1-29-17-6-4-16(5-7-17)26-20(22)18(12-24-26)19(27)15-8-10-25(13-15)21(28)14-3-2-9-23-11-14/h2-7,9,11-12,15H,8,10,13,22H2,1H3. The molecular formula is C21H21N5O3. The van der Waals surface area contributed by atoms with Crippen LogP contribution in [0.1, 0.15) is 27.1 Å². The van der Waals surface area contributed by atoms with Gasteiger partial charge in [0.25, 0.3) is 5.91 Å². The summed E-state index contributed by atoms with van der Waals surface area (Å²) in [4.78, 5) is 31.3. The van der Waals surface area contributed by atoms with Gasteiger partial charge in [0.15, 0.2) is 5.78 Å². The van der Waals surface area contributed by atoms with E-state index in [9.17, 15) is 9.59 Å². The molecule has 148 valence electrons. The lowest BCUT2D eigenvalue weighted by atomic mass is 9.98. The molecule has 1 aliphatic heterocycles. The Morgan fingerprint density at radius 3 is 2.66 bits per heavy atom. The first-order valence-electron chi connectivity index (χ1n) is 9.30. The van der Waals surface area contributed by atoms with Crippen molar-refractivity contribution in [2.75, 3.05) is 25.9 Å². The van der Waals surface area contributed by atoms with E-state index in [0.717, 1.165) is 11.4 Å². The quantitative estimate of drug-likeness (QED) is 0.669. The van der Waals surface area contributed by atoms with E-state index in [0.29, 0.717) is 30.6 Å². The third-order valence-electron chi connectivity index (χ3n) is 5.14. The van der Waals surface area contributed by atoms with E-state index in [2.05, 4.69) is 10.1 Å². The van der Waals surface area contributed by atoms with Crippen molar-refractivity contribution in [2.24, 2.45) is 5.92 Å². The van der Waals surface area contributed by atoms with E-state index in [1.54, 1.807) is 42.5 Å². The third kappa shape index (κ3) is 3.56. The van der Waals surface area contributed by atoms with Crippen LogP contribution in [0.15, 0.2) is 55.0 Å². The van der Waals surface area contributed by atoms with E-state index in [-0.39, 0.29) is 23.4 Å². The van der Waals surface area contributed by atoms with Gasteiger partial charge in [-0.25, -0.2) is 4.68 Å². The van der Waals surface area contributed by atoms with Gasteiger partial charge < -0.3 is 15.4 Å². The molecule has 8 nitrogen and oxygen atoms in total. The number of likely N-dealkylation sites (tertiary alicyclic amines) is 1. The zero-order chi connectivity index (χ0) is 20.4. The summed E-state index contributed by atoms with van der Waals surface area (Å²) < 4.78 is 6.68. The minimum atomic E-state index is -0.300. The Balaban J connectivity index is 1.49. The van der Waals surface area contributed by atoms with Crippen molar-refractivity contribution in [2.45, 2.75) is 6.42 Å². The summed E-state index contributed by atoms with van der Waals surface area (Å²) in [7, 11) is 1.60. The Hall–Kier alpha value is -3.68. The Kier molecular flexibility index (Phi) is 4.99. The van der Waals surface area contributed by atoms with Gasteiger partial charge in [-0.15, -0.1) is 0 Å². The Labute approximate surface area is 167 Å². The summed E-state index contributed by atoms with van der Waals surface area (Å²) in [5.74, 6) is 0.503. The fourth-order valence-corrected chi connectivity index (χ4v) is 3.53. The highest BCUT2D eigenvalue weighted by molar-refractivity contribution is 6.03. The number of nitrogen functional groups attached to an aromatic ring is 1. The average molecular weight is 391 g/mol. The van der Waals surface area contributed by atoms with Crippen LogP contribution in [0.3, 0.4) is 0 Å². The highest BCUT2D eigenvalue weighted by Crippen LogP contribution is 2.26. The van der Waals surface area contributed by atoms with Gasteiger partial charge in [0, 0.05) is 31.4 Å². The summed E-state index contributed by atoms with van der Waals surface area (Å²) in [6, 6.07) is 10.7. The largest absolute Gasteiger partial charge is 0.497 e. The molecule has 1 aliphatic rings. The maximum atomic E-state index is 13.0. The highest BCUT2D eigenvalue weighted by atomic mass is 16.5. The molecule has 0 spiro atoms. The van der Waals surface area contributed by atoms with Crippen LogP contribution in [0.5, 0.6) is 5.75 Å². The van der Waals surface area contributed by atoms with Crippen molar-refractivity contribution < 1.29 is 14.3 Å². The van der Waals surface area contributed by atoms with Gasteiger partial charge in [-0.05, 0) is 42.8 Å². The SMILES string of the molecule is COc1ccc(-n2ncc(C(=O)C3CCN(C(=O)c4cccnc4)C3)c2N)cc1. The highest BCUT2D eigenvalue weighted by Gasteiger charge is 2.33. The van der Waals surface area contributed by atoms with Crippen LogP contribution in [0.4, 0.5) is 5.82 Å².